The van der Waals surface area contributed by atoms with E-state index in [1.165, 1.54) is 43.4 Å². The SMILES string of the molecule is Cc1ccc(C)c(OCCCCCCCN2CCOCC2)c1. The van der Waals surface area contributed by atoms with Crippen LogP contribution in [0.2, 0.25) is 0 Å². The molecule has 0 radical (unpaired) electrons. The van der Waals surface area contributed by atoms with Crippen LogP contribution in [-0.2, 0) is 4.74 Å². The average Bonchev–Trinajstić information content (AvgIpc) is 2.54. The normalized spacial score (nSPS) is 15.9. The third-order valence-corrected chi connectivity index (χ3v) is 4.32. The molecule has 1 aliphatic heterocycles. The molecule has 1 heterocycles. The second-order valence-corrected chi connectivity index (χ2v) is 6.34. The van der Waals surface area contributed by atoms with Crippen molar-refractivity contribution in [2.45, 2.75) is 46.0 Å². The van der Waals surface area contributed by atoms with Crippen LogP contribution in [0.3, 0.4) is 0 Å². The molecule has 2 rings (SSSR count). The molecule has 3 heteroatoms. The maximum atomic E-state index is 5.90. The quantitative estimate of drug-likeness (QED) is 0.645. The van der Waals surface area contributed by atoms with Gasteiger partial charge in [0, 0.05) is 13.1 Å². The second-order valence-electron chi connectivity index (χ2n) is 6.34. The number of unbranched alkanes of at least 4 members (excludes halogenated alkanes) is 4. The maximum absolute atomic E-state index is 5.90. The predicted octanol–water partition coefficient (Wildman–Crippen LogP) is 3.96. The van der Waals surface area contributed by atoms with Crippen molar-refractivity contribution in [3.63, 3.8) is 0 Å². The van der Waals surface area contributed by atoms with Gasteiger partial charge in [-0.25, -0.2) is 0 Å². The molecule has 22 heavy (non-hydrogen) atoms. The maximum Gasteiger partial charge on any atom is 0.122 e. The molecule has 0 spiro atoms. The molecule has 0 unspecified atom stereocenters. The highest BCUT2D eigenvalue weighted by molar-refractivity contribution is 5.35. The van der Waals surface area contributed by atoms with E-state index < -0.39 is 0 Å². The highest BCUT2D eigenvalue weighted by Gasteiger charge is 2.08. The van der Waals surface area contributed by atoms with Gasteiger partial charge in [-0.05, 0) is 50.4 Å². The van der Waals surface area contributed by atoms with Gasteiger partial charge in [0.25, 0.3) is 0 Å². The summed E-state index contributed by atoms with van der Waals surface area (Å²) < 4.78 is 11.3. The van der Waals surface area contributed by atoms with E-state index in [9.17, 15) is 0 Å². The van der Waals surface area contributed by atoms with Crippen LogP contribution >= 0.6 is 0 Å². The molecular formula is C19H31NO2. The first-order valence-corrected chi connectivity index (χ1v) is 8.76. The summed E-state index contributed by atoms with van der Waals surface area (Å²) in [7, 11) is 0. The zero-order chi connectivity index (χ0) is 15.6. The van der Waals surface area contributed by atoms with Crippen molar-refractivity contribution < 1.29 is 9.47 Å². The van der Waals surface area contributed by atoms with Crippen LogP contribution in [-0.4, -0.2) is 44.4 Å². The van der Waals surface area contributed by atoms with Gasteiger partial charge in [-0.15, -0.1) is 0 Å². The smallest absolute Gasteiger partial charge is 0.122 e. The summed E-state index contributed by atoms with van der Waals surface area (Å²) in [4.78, 5) is 2.52. The minimum absolute atomic E-state index is 0.841. The molecule has 1 aliphatic rings. The summed E-state index contributed by atoms with van der Waals surface area (Å²) >= 11 is 0. The predicted molar refractivity (Wildman–Crippen MR) is 91.8 cm³/mol. The molecular weight excluding hydrogens is 274 g/mol. The number of morpholine rings is 1. The Morgan fingerprint density at radius 3 is 2.55 bits per heavy atom. The highest BCUT2D eigenvalue weighted by Crippen LogP contribution is 2.19. The Kier molecular flexibility index (Phi) is 7.75. The number of benzene rings is 1. The van der Waals surface area contributed by atoms with Crippen LogP contribution in [0, 0.1) is 13.8 Å². The highest BCUT2D eigenvalue weighted by atomic mass is 16.5. The summed E-state index contributed by atoms with van der Waals surface area (Å²) in [6.07, 6.45) is 6.40. The third-order valence-electron chi connectivity index (χ3n) is 4.32. The molecule has 0 saturated carbocycles. The standard InChI is InChI=1S/C19H31NO2/c1-17-8-9-18(2)19(16-17)22-13-7-5-3-4-6-10-20-11-14-21-15-12-20/h8-9,16H,3-7,10-15H2,1-2H3. The Balaban J connectivity index is 1.46. The van der Waals surface area contributed by atoms with E-state index >= 15 is 0 Å². The molecule has 0 bridgehead atoms. The lowest BCUT2D eigenvalue weighted by atomic mass is 10.1. The molecule has 3 nitrogen and oxygen atoms in total. The first-order chi connectivity index (χ1) is 10.8. The Morgan fingerprint density at radius 1 is 1.00 bits per heavy atom. The van der Waals surface area contributed by atoms with Crippen LogP contribution in [0.1, 0.15) is 43.2 Å². The fourth-order valence-electron chi connectivity index (χ4n) is 2.84. The van der Waals surface area contributed by atoms with Gasteiger partial charge in [-0.2, -0.15) is 0 Å². The number of rotatable bonds is 9. The van der Waals surface area contributed by atoms with Crippen molar-refractivity contribution in [3.05, 3.63) is 29.3 Å². The van der Waals surface area contributed by atoms with Gasteiger partial charge in [-0.3, -0.25) is 4.90 Å². The van der Waals surface area contributed by atoms with E-state index in [2.05, 4.69) is 36.9 Å². The van der Waals surface area contributed by atoms with E-state index in [0.717, 1.165) is 45.1 Å². The zero-order valence-corrected chi connectivity index (χ0v) is 14.3. The Morgan fingerprint density at radius 2 is 1.73 bits per heavy atom. The molecule has 0 aromatic heterocycles. The number of ether oxygens (including phenoxy) is 2. The van der Waals surface area contributed by atoms with Gasteiger partial charge >= 0.3 is 0 Å². The average molecular weight is 305 g/mol. The molecule has 124 valence electrons. The second kappa shape index (κ2) is 9.86. The van der Waals surface area contributed by atoms with Gasteiger partial charge in [0.1, 0.15) is 5.75 Å². The minimum Gasteiger partial charge on any atom is -0.493 e. The van der Waals surface area contributed by atoms with Crippen molar-refractivity contribution in [1.29, 1.82) is 0 Å². The molecule has 0 N–H and O–H groups in total. The van der Waals surface area contributed by atoms with E-state index in [1.807, 2.05) is 0 Å². The topological polar surface area (TPSA) is 21.7 Å². The van der Waals surface area contributed by atoms with Crippen LogP contribution in [0.5, 0.6) is 5.75 Å². The fraction of sp³-hybridized carbons (Fsp3) is 0.684. The van der Waals surface area contributed by atoms with Gasteiger partial charge in [0.2, 0.25) is 0 Å². The van der Waals surface area contributed by atoms with Crippen LogP contribution in [0.4, 0.5) is 0 Å². The Bertz CT molecular complexity index is 427. The van der Waals surface area contributed by atoms with E-state index in [0.29, 0.717) is 0 Å². The lowest BCUT2D eigenvalue weighted by Crippen LogP contribution is -2.36. The van der Waals surface area contributed by atoms with Crippen LogP contribution < -0.4 is 4.74 Å². The number of hydrogen-bond acceptors (Lipinski definition) is 3. The van der Waals surface area contributed by atoms with Crippen molar-refractivity contribution >= 4 is 0 Å². The van der Waals surface area contributed by atoms with Gasteiger partial charge < -0.3 is 9.47 Å². The molecule has 1 aromatic carbocycles. The molecule has 1 saturated heterocycles. The van der Waals surface area contributed by atoms with Gasteiger partial charge in [0.05, 0.1) is 19.8 Å². The van der Waals surface area contributed by atoms with Gasteiger partial charge in [0.15, 0.2) is 0 Å². The summed E-state index contributed by atoms with van der Waals surface area (Å²) in [5.41, 5.74) is 2.50. The molecule has 1 aromatic rings. The van der Waals surface area contributed by atoms with E-state index in [1.54, 1.807) is 0 Å². The number of hydrogen-bond donors (Lipinski definition) is 0. The van der Waals surface area contributed by atoms with Crippen LogP contribution in [0.25, 0.3) is 0 Å². The number of nitrogens with zero attached hydrogens (tertiary/aromatic N) is 1. The van der Waals surface area contributed by atoms with Gasteiger partial charge in [-0.1, -0.05) is 31.4 Å². The van der Waals surface area contributed by atoms with Crippen molar-refractivity contribution in [1.82, 2.24) is 4.90 Å². The van der Waals surface area contributed by atoms with Crippen molar-refractivity contribution in [3.8, 4) is 5.75 Å². The summed E-state index contributed by atoms with van der Waals surface area (Å²) in [6, 6.07) is 6.41. The summed E-state index contributed by atoms with van der Waals surface area (Å²) in [5.74, 6) is 1.05. The molecule has 0 aliphatic carbocycles. The van der Waals surface area contributed by atoms with E-state index in [4.69, 9.17) is 9.47 Å². The Labute approximate surface area is 135 Å². The first-order valence-electron chi connectivity index (χ1n) is 8.76. The summed E-state index contributed by atoms with van der Waals surface area (Å²) in [6.45, 7) is 10.4. The Hall–Kier alpha value is -1.06. The van der Waals surface area contributed by atoms with E-state index in [-0.39, 0.29) is 0 Å². The largest absolute Gasteiger partial charge is 0.493 e. The molecule has 0 atom stereocenters. The fourth-order valence-corrected chi connectivity index (χ4v) is 2.84. The lowest BCUT2D eigenvalue weighted by Gasteiger charge is -2.26. The zero-order valence-electron chi connectivity index (χ0n) is 14.3. The summed E-state index contributed by atoms with van der Waals surface area (Å²) in [5, 5.41) is 0. The van der Waals surface area contributed by atoms with Crippen molar-refractivity contribution in [2.24, 2.45) is 0 Å². The van der Waals surface area contributed by atoms with Crippen LogP contribution in [0.15, 0.2) is 18.2 Å². The minimum atomic E-state index is 0.841. The third kappa shape index (κ3) is 6.37. The first kappa shape index (κ1) is 17.3. The van der Waals surface area contributed by atoms with Crippen molar-refractivity contribution in [2.75, 3.05) is 39.5 Å². The monoisotopic (exact) mass is 305 g/mol. The molecule has 0 amide bonds. The molecule has 1 fully saturated rings. The number of aryl methyl sites for hydroxylation is 2. The lowest BCUT2D eigenvalue weighted by molar-refractivity contribution is 0.0371.